The molecule has 2 aliphatic rings. The van der Waals surface area contributed by atoms with Crippen molar-refractivity contribution in [1.29, 1.82) is 0 Å². The predicted octanol–water partition coefficient (Wildman–Crippen LogP) is -1.42. The number of rotatable bonds is 43. The largest absolute Gasteiger partial charge is 0.508 e. The van der Waals surface area contributed by atoms with E-state index in [9.17, 15) is 82.4 Å². The number of hydrogen-bond acceptors (Lipinski definition) is 23. The van der Waals surface area contributed by atoms with Crippen LogP contribution in [0.25, 0.3) is 10.9 Å². The lowest BCUT2D eigenvalue weighted by atomic mass is 9.77. The zero-order chi connectivity index (χ0) is 85.4. The van der Waals surface area contributed by atoms with Gasteiger partial charge in [-0.2, -0.15) is 11.8 Å². The van der Waals surface area contributed by atoms with Crippen LogP contribution in [0.4, 0.5) is 5.69 Å². The minimum absolute atomic E-state index is 0.0826. The molecule has 2 aromatic heterocycles. The number of H-pyrrole nitrogens is 2. The number of imidazole rings is 1. The number of phenolic OH excluding ortho intramolecular Hbond substituents is 2. The van der Waals surface area contributed by atoms with E-state index in [2.05, 4.69) is 84.1 Å². The lowest BCUT2D eigenvalue weighted by Crippen LogP contribution is -2.59. The maximum atomic E-state index is 14.4. The third-order valence-electron chi connectivity index (χ3n) is 19.0. The second-order valence-electron chi connectivity index (χ2n) is 28.8. The molecule has 1 spiro atoms. The van der Waals surface area contributed by atoms with Gasteiger partial charge in [0.25, 0.3) is 0 Å². The van der Waals surface area contributed by atoms with Crippen LogP contribution in [0, 0.1) is 11.8 Å². The summed E-state index contributed by atoms with van der Waals surface area (Å²) in [5, 5.41) is 64.9. The van der Waals surface area contributed by atoms with Crippen molar-refractivity contribution in [3.05, 3.63) is 131 Å². The summed E-state index contributed by atoms with van der Waals surface area (Å²) >= 11 is 6.96. The molecule has 628 valence electrons. The topological polar surface area (TPSA) is 597 Å². The number of aromatic amines is 2. The van der Waals surface area contributed by atoms with E-state index in [-0.39, 0.29) is 71.7 Å². The zero-order valence-electron chi connectivity index (χ0n) is 65.1. The number of benzene rings is 4. The summed E-state index contributed by atoms with van der Waals surface area (Å²) < 4.78 is 12.2. The van der Waals surface area contributed by atoms with Gasteiger partial charge in [-0.1, -0.05) is 52.0 Å². The molecular formula is C77H99N19O19S2. The lowest BCUT2D eigenvalue weighted by Gasteiger charge is -2.36. The molecule has 24 N–H and O–H groups in total. The highest BCUT2D eigenvalue weighted by Crippen LogP contribution is 2.57. The van der Waals surface area contributed by atoms with Crippen LogP contribution in [0.2, 0.25) is 0 Å². The van der Waals surface area contributed by atoms with Gasteiger partial charge in [-0.25, -0.2) is 9.78 Å². The van der Waals surface area contributed by atoms with Crippen molar-refractivity contribution in [3.8, 4) is 23.0 Å². The number of unbranched alkanes of at least 4 members (excludes halogenated alkanes) is 1. The minimum Gasteiger partial charge on any atom is -0.508 e. The summed E-state index contributed by atoms with van der Waals surface area (Å²) in [7, 11) is 0. The van der Waals surface area contributed by atoms with Crippen LogP contribution < -0.4 is 91.1 Å². The van der Waals surface area contributed by atoms with Gasteiger partial charge in [0.05, 0.1) is 49.9 Å². The van der Waals surface area contributed by atoms with Crippen LogP contribution in [0.15, 0.2) is 97.6 Å². The molecule has 40 heteroatoms. The van der Waals surface area contributed by atoms with Crippen molar-refractivity contribution in [2.45, 2.75) is 152 Å². The van der Waals surface area contributed by atoms with Crippen molar-refractivity contribution in [1.82, 2.24) is 78.8 Å². The van der Waals surface area contributed by atoms with Crippen molar-refractivity contribution in [2.24, 2.45) is 29.0 Å². The number of primary amides is 2. The van der Waals surface area contributed by atoms with Gasteiger partial charge in [-0.05, 0) is 130 Å². The number of thiocarbonyl (C=S) groups is 1. The molecule has 0 unspecified atom stereocenters. The molecule has 2 aliphatic heterocycles. The Morgan fingerprint density at radius 1 is 0.598 bits per heavy atom. The van der Waals surface area contributed by atoms with Crippen LogP contribution in [-0.4, -0.2) is 217 Å². The quantitative estimate of drug-likeness (QED) is 0.0119. The summed E-state index contributed by atoms with van der Waals surface area (Å²) in [4.78, 5) is 198. The highest BCUT2D eigenvalue weighted by Gasteiger charge is 2.54. The number of nitrogens with two attached hydrogens (primary N) is 3. The Hall–Kier alpha value is -12.4. The number of ether oxygens (including phenoxy) is 2. The number of anilines is 1. The molecule has 9 atom stereocenters. The van der Waals surface area contributed by atoms with Crippen LogP contribution in [0.5, 0.6) is 23.0 Å². The number of carbonyl (C=O) groups is 14. The summed E-state index contributed by atoms with van der Waals surface area (Å²) in [5.74, 6) is -11.9. The lowest BCUT2D eigenvalue weighted by molar-refractivity contribution is -0.135. The summed E-state index contributed by atoms with van der Waals surface area (Å²) in [6, 6.07) is 8.77. The maximum Gasteiger partial charge on any atom is 0.340 e. The Morgan fingerprint density at radius 3 is 1.79 bits per heavy atom. The molecule has 0 bridgehead atoms. The second-order valence-corrected chi connectivity index (χ2v) is 30.2. The number of aliphatic hydroxyl groups is 1. The Bertz CT molecular complexity index is 4600. The normalized spacial score (nSPS) is 14.5. The first-order valence-corrected chi connectivity index (χ1v) is 39.4. The molecule has 117 heavy (non-hydrogen) atoms. The van der Waals surface area contributed by atoms with E-state index < -0.39 is 188 Å². The summed E-state index contributed by atoms with van der Waals surface area (Å²) in [6.45, 7) is 5.24. The molecule has 13 amide bonds. The van der Waals surface area contributed by atoms with Gasteiger partial charge >= 0.3 is 5.97 Å². The third-order valence-corrected chi connectivity index (χ3v) is 19.9. The van der Waals surface area contributed by atoms with Crippen LogP contribution in [0.3, 0.4) is 0 Å². The molecule has 38 nitrogen and oxygen atoms in total. The minimum atomic E-state index is -1.66. The Balaban J connectivity index is 0.789. The highest BCUT2D eigenvalue weighted by molar-refractivity contribution is 7.98. The van der Waals surface area contributed by atoms with E-state index in [4.69, 9.17) is 38.9 Å². The highest BCUT2D eigenvalue weighted by atomic mass is 32.2. The Kier molecular flexibility index (Phi) is 32.5. The first kappa shape index (κ1) is 90.1. The molecule has 4 aromatic carbocycles. The predicted molar refractivity (Wildman–Crippen MR) is 431 cm³/mol. The fraction of sp³-hybridized carbons (Fsp3) is 0.429. The average Bonchev–Trinajstić information content (AvgIpc) is 1.54. The number of amides is 13. The van der Waals surface area contributed by atoms with Gasteiger partial charge in [0.2, 0.25) is 76.8 Å². The SMILES string of the molecule is CSCC[C@@H](NC(=O)[C@H](CC(C)C)NC(=O)[C@H](Cc1c[nH]cn1)NC(=O)CNC(=O)[C@@H](NC(=O)[C@H](C)NC(=O)[C@H](Cc1c[nH]c2ccccc12)NC(=O)[C@H](CCC(N)=O)NC(=O)CNC(=O)[C@H](CO)NC(=O)CNC(=O)[C@@H](N)CCCCNC(=S)Nc1ccc2c(c1)C(=O)OC21c2ccc(O)cc2Oc2cc(O)ccc21)C(C)C)C(N)=O. The maximum absolute atomic E-state index is 14.4. The average molecular weight is 1660 g/mol. The molecule has 0 aliphatic carbocycles. The molecule has 0 radical (unpaired) electrons. The molecule has 8 rings (SSSR count). The molecule has 0 saturated carbocycles. The molecule has 6 aromatic rings. The van der Waals surface area contributed by atoms with Gasteiger partial charge < -0.3 is 121 Å². The van der Waals surface area contributed by atoms with Crippen molar-refractivity contribution < 1.29 is 91.9 Å². The van der Waals surface area contributed by atoms with Gasteiger partial charge in [0.15, 0.2) is 10.7 Å². The standard InChI is InChI=1S/C77H99N19O19S2/c1-38(2)25-55(72(110)93-53(66(80)104)22-24-117-6)94-73(111)57(28-43-32-81-37-87-43)91-63(102)35-86-74(112)65(39(3)4)96-67(105)40(5)88-71(109)56(26-41-31-83-52-13-8-7-11-46(41)52)95-70(108)54(20-21-61(79)100)90-62(101)34-85-69(107)58(36-97)92-64(103)33-84-68(106)51(78)12-9-10-23-82-76(116)89-42-14-17-48-47(27-42)75(113)115-77(48)49-18-15-44(98)29-59(49)114-60-30-45(99)16-19-50(60)77/h7-8,11,13-19,27,29-32,37-40,51,53-58,65,83,97-99H,9-10,12,20-26,28,33-36,78H2,1-6H3,(H2,79,100)(H2,80,104)(H,81,87)(H,84,106)(H,85,107)(H,86,112)(H,88,109)(H,90,101)(H,91,102)(H,92,103)(H,93,110)(H,94,111)(H,95,108)(H,96,105)(H2,82,89,116)/t40-,51-,53+,54-,55-,56-,57-,58-,65-/m0/s1. The number of carbonyl (C=O) groups excluding carboxylic acids is 14. The molecule has 0 saturated heterocycles. The van der Waals surface area contributed by atoms with Gasteiger partial charge in [0, 0.05) is 83.6 Å². The smallest absolute Gasteiger partial charge is 0.340 e. The Labute approximate surface area is 681 Å². The second kappa shape index (κ2) is 42.3. The van der Waals surface area contributed by atoms with Crippen molar-refractivity contribution in [2.75, 3.05) is 50.1 Å². The molecular weight excluding hydrogens is 1560 g/mol. The number of hydrogen-bond donors (Lipinski definition) is 21. The van der Waals surface area contributed by atoms with Crippen LogP contribution >= 0.6 is 24.0 Å². The Morgan fingerprint density at radius 2 is 1.18 bits per heavy atom. The monoisotopic (exact) mass is 1660 g/mol. The number of aromatic nitrogens is 3. The number of esters is 1. The number of fused-ring (bicyclic) bond motifs is 7. The van der Waals surface area contributed by atoms with E-state index in [1.807, 2.05) is 20.1 Å². The number of aromatic hydroxyl groups is 2. The van der Waals surface area contributed by atoms with E-state index in [1.54, 1.807) is 74.6 Å². The zero-order valence-corrected chi connectivity index (χ0v) is 66.7. The number of nitrogens with one attached hydrogen (secondary N) is 15. The van der Waals surface area contributed by atoms with Gasteiger partial charge in [0.1, 0.15) is 71.3 Å². The number of aliphatic hydroxyl groups excluding tert-OH is 1. The van der Waals surface area contributed by atoms with E-state index >= 15 is 0 Å². The van der Waals surface area contributed by atoms with Gasteiger partial charge in [-0.15, -0.1) is 0 Å². The van der Waals surface area contributed by atoms with Crippen molar-refractivity contribution >= 4 is 128 Å². The van der Waals surface area contributed by atoms with E-state index in [1.165, 1.54) is 55.5 Å². The molecule has 4 heterocycles. The van der Waals surface area contributed by atoms with Crippen LogP contribution in [0.1, 0.15) is 118 Å². The number of para-hydroxylation sites is 1. The molecule has 0 fully saturated rings. The van der Waals surface area contributed by atoms with E-state index in [0.717, 1.165) is 0 Å². The number of nitrogens with zero attached hydrogens (tertiary/aromatic N) is 1. The first-order chi connectivity index (χ1) is 55.7. The fourth-order valence-corrected chi connectivity index (χ4v) is 13.6. The van der Waals surface area contributed by atoms with Crippen molar-refractivity contribution in [3.63, 3.8) is 0 Å². The van der Waals surface area contributed by atoms with Crippen LogP contribution in [-0.2, 0) is 85.5 Å². The van der Waals surface area contributed by atoms with E-state index in [0.29, 0.717) is 69.7 Å². The summed E-state index contributed by atoms with van der Waals surface area (Å²) in [6.07, 6.45) is 6.46. The third kappa shape index (κ3) is 25.0. The van der Waals surface area contributed by atoms with Gasteiger partial charge in [-0.3, -0.25) is 62.3 Å². The fourth-order valence-electron chi connectivity index (χ4n) is 12.9. The summed E-state index contributed by atoms with van der Waals surface area (Å²) in [5.41, 5.74) is 19.4. The first-order valence-electron chi connectivity index (χ1n) is 37.6. The number of thioether (sulfide) groups is 1. The number of phenols is 2.